The SMILES string of the molecule is COc1ccc(-c2nc(N)cc(C(=O)O)n2)cc1. The zero-order valence-corrected chi connectivity index (χ0v) is 9.62. The Balaban J connectivity index is 2.46. The van der Waals surface area contributed by atoms with E-state index in [0.29, 0.717) is 11.3 Å². The standard InChI is InChI=1S/C12H11N3O3/c1-18-8-4-2-7(3-5-8)11-14-9(12(16)17)6-10(13)15-11/h2-6H,1H3,(H,16,17)(H2,13,14,15). The highest BCUT2D eigenvalue weighted by Crippen LogP contribution is 2.20. The highest BCUT2D eigenvalue weighted by Gasteiger charge is 2.10. The summed E-state index contributed by atoms with van der Waals surface area (Å²) in [5.74, 6) is -0.0526. The number of carboxylic acids is 1. The average Bonchev–Trinajstić information content (AvgIpc) is 2.38. The van der Waals surface area contributed by atoms with E-state index in [1.165, 1.54) is 6.07 Å². The van der Waals surface area contributed by atoms with Crippen molar-refractivity contribution in [2.75, 3.05) is 12.8 Å². The number of nitrogens with zero attached hydrogens (tertiary/aromatic N) is 2. The lowest BCUT2D eigenvalue weighted by Crippen LogP contribution is -2.05. The van der Waals surface area contributed by atoms with E-state index in [1.807, 2.05) is 0 Å². The zero-order chi connectivity index (χ0) is 13.1. The number of carboxylic acid groups (broad SMARTS) is 1. The highest BCUT2D eigenvalue weighted by atomic mass is 16.5. The fraction of sp³-hybridized carbons (Fsp3) is 0.0833. The van der Waals surface area contributed by atoms with Gasteiger partial charge in [0.25, 0.3) is 0 Å². The van der Waals surface area contributed by atoms with E-state index in [-0.39, 0.29) is 17.3 Å². The first-order chi connectivity index (χ1) is 8.60. The molecule has 0 fully saturated rings. The van der Waals surface area contributed by atoms with Crippen LogP contribution in [0.1, 0.15) is 10.5 Å². The number of benzene rings is 1. The van der Waals surface area contributed by atoms with Crippen LogP contribution in [0.5, 0.6) is 5.75 Å². The van der Waals surface area contributed by atoms with Gasteiger partial charge in [-0.3, -0.25) is 0 Å². The molecule has 1 aromatic heterocycles. The van der Waals surface area contributed by atoms with E-state index in [1.54, 1.807) is 31.4 Å². The van der Waals surface area contributed by atoms with Crippen molar-refractivity contribution in [1.82, 2.24) is 9.97 Å². The van der Waals surface area contributed by atoms with E-state index < -0.39 is 5.97 Å². The minimum Gasteiger partial charge on any atom is -0.497 e. The summed E-state index contributed by atoms with van der Waals surface area (Å²) in [7, 11) is 1.56. The molecule has 0 atom stereocenters. The van der Waals surface area contributed by atoms with Crippen molar-refractivity contribution >= 4 is 11.8 Å². The van der Waals surface area contributed by atoms with E-state index in [9.17, 15) is 4.79 Å². The van der Waals surface area contributed by atoms with Crippen LogP contribution in [-0.4, -0.2) is 28.2 Å². The van der Waals surface area contributed by atoms with Crippen LogP contribution in [0.3, 0.4) is 0 Å². The molecule has 2 rings (SSSR count). The molecule has 0 saturated heterocycles. The van der Waals surface area contributed by atoms with Gasteiger partial charge >= 0.3 is 5.97 Å². The number of hydrogen-bond acceptors (Lipinski definition) is 5. The molecule has 0 radical (unpaired) electrons. The van der Waals surface area contributed by atoms with Crippen LogP contribution in [0.2, 0.25) is 0 Å². The van der Waals surface area contributed by atoms with E-state index in [2.05, 4.69) is 9.97 Å². The molecule has 0 saturated carbocycles. The smallest absolute Gasteiger partial charge is 0.354 e. The summed E-state index contributed by atoms with van der Waals surface area (Å²) in [6, 6.07) is 8.17. The van der Waals surface area contributed by atoms with Gasteiger partial charge in [0.15, 0.2) is 11.5 Å². The van der Waals surface area contributed by atoms with Gasteiger partial charge in [0.05, 0.1) is 7.11 Å². The van der Waals surface area contributed by atoms with Gasteiger partial charge in [-0.2, -0.15) is 0 Å². The van der Waals surface area contributed by atoms with Crippen LogP contribution in [0.15, 0.2) is 30.3 Å². The normalized spacial score (nSPS) is 10.1. The maximum atomic E-state index is 10.9. The number of carbonyl (C=O) groups is 1. The minimum absolute atomic E-state index is 0.119. The summed E-state index contributed by atoms with van der Waals surface area (Å²) < 4.78 is 5.03. The van der Waals surface area contributed by atoms with Crippen molar-refractivity contribution in [3.8, 4) is 17.1 Å². The van der Waals surface area contributed by atoms with Crippen molar-refractivity contribution in [2.24, 2.45) is 0 Å². The lowest BCUT2D eigenvalue weighted by molar-refractivity contribution is 0.0690. The molecule has 18 heavy (non-hydrogen) atoms. The number of anilines is 1. The molecule has 0 unspecified atom stereocenters. The number of aromatic nitrogens is 2. The Kier molecular flexibility index (Phi) is 3.09. The third-order valence-corrected chi connectivity index (χ3v) is 2.31. The van der Waals surface area contributed by atoms with Gasteiger partial charge in [0.1, 0.15) is 11.6 Å². The van der Waals surface area contributed by atoms with Crippen LogP contribution in [0, 0.1) is 0 Å². The van der Waals surface area contributed by atoms with E-state index >= 15 is 0 Å². The summed E-state index contributed by atoms with van der Waals surface area (Å²) in [6.07, 6.45) is 0. The first-order valence-corrected chi connectivity index (χ1v) is 5.12. The van der Waals surface area contributed by atoms with Crippen molar-refractivity contribution in [3.63, 3.8) is 0 Å². The highest BCUT2D eigenvalue weighted by molar-refractivity contribution is 5.86. The van der Waals surface area contributed by atoms with Gasteiger partial charge in [-0.25, -0.2) is 14.8 Å². The molecule has 1 heterocycles. The Hall–Kier alpha value is -2.63. The minimum atomic E-state index is -1.14. The number of methoxy groups -OCH3 is 1. The van der Waals surface area contributed by atoms with Gasteiger partial charge in [0.2, 0.25) is 0 Å². The lowest BCUT2D eigenvalue weighted by atomic mass is 10.2. The number of nitrogens with two attached hydrogens (primary N) is 1. The molecule has 0 amide bonds. The summed E-state index contributed by atoms with van der Waals surface area (Å²) >= 11 is 0. The van der Waals surface area contributed by atoms with E-state index in [0.717, 1.165) is 0 Å². The molecule has 1 aromatic carbocycles. The van der Waals surface area contributed by atoms with E-state index in [4.69, 9.17) is 15.6 Å². The molecule has 0 aliphatic heterocycles. The summed E-state index contributed by atoms with van der Waals surface area (Å²) in [4.78, 5) is 18.8. The monoisotopic (exact) mass is 245 g/mol. The molecule has 3 N–H and O–H groups in total. The number of ether oxygens (including phenoxy) is 1. The molecule has 0 aliphatic carbocycles. The maximum absolute atomic E-state index is 10.9. The second kappa shape index (κ2) is 4.70. The zero-order valence-electron chi connectivity index (χ0n) is 9.62. The van der Waals surface area contributed by atoms with Crippen molar-refractivity contribution in [1.29, 1.82) is 0 Å². The molecule has 6 nitrogen and oxygen atoms in total. The Labute approximate surface area is 103 Å². The largest absolute Gasteiger partial charge is 0.497 e. The molecule has 0 bridgehead atoms. The van der Waals surface area contributed by atoms with Gasteiger partial charge in [-0.05, 0) is 24.3 Å². The fourth-order valence-corrected chi connectivity index (χ4v) is 1.44. The molecule has 0 spiro atoms. The second-order valence-electron chi connectivity index (χ2n) is 3.54. The summed E-state index contributed by atoms with van der Waals surface area (Å²) in [5.41, 5.74) is 6.09. The maximum Gasteiger partial charge on any atom is 0.354 e. The fourth-order valence-electron chi connectivity index (χ4n) is 1.44. The predicted octanol–water partition coefficient (Wildman–Crippen LogP) is 1.43. The van der Waals surface area contributed by atoms with Crippen LogP contribution in [0.25, 0.3) is 11.4 Å². The van der Waals surface area contributed by atoms with Gasteiger partial charge < -0.3 is 15.6 Å². The molecule has 92 valence electrons. The summed E-state index contributed by atoms with van der Waals surface area (Å²) in [6.45, 7) is 0. The third-order valence-electron chi connectivity index (χ3n) is 2.31. The van der Waals surface area contributed by atoms with Crippen molar-refractivity contribution < 1.29 is 14.6 Å². The summed E-state index contributed by atoms with van der Waals surface area (Å²) in [5, 5.41) is 8.90. The van der Waals surface area contributed by atoms with Gasteiger partial charge in [-0.1, -0.05) is 0 Å². The number of aromatic carboxylic acids is 1. The van der Waals surface area contributed by atoms with Crippen molar-refractivity contribution in [3.05, 3.63) is 36.0 Å². The van der Waals surface area contributed by atoms with Crippen LogP contribution in [0.4, 0.5) is 5.82 Å². The predicted molar refractivity (Wildman–Crippen MR) is 65.4 cm³/mol. The number of nitrogen functional groups attached to an aromatic ring is 1. The first kappa shape index (κ1) is 11.8. The second-order valence-corrected chi connectivity index (χ2v) is 3.54. The molecule has 0 aliphatic rings. The number of rotatable bonds is 3. The Morgan fingerprint density at radius 2 is 1.94 bits per heavy atom. The van der Waals surface area contributed by atoms with Crippen LogP contribution < -0.4 is 10.5 Å². The molecular formula is C12H11N3O3. The van der Waals surface area contributed by atoms with Crippen molar-refractivity contribution in [2.45, 2.75) is 0 Å². The average molecular weight is 245 g/mol. The Morgan fingerprint density at radius 3 is 2.50 bits per heavy atom. The molecule has 6 heteroatoms. The molecular weight excluding hydrogens is 234 g/mol. The third kappa shape index (κ3) is 2.37. The van der Waals surface area contributed by atoms with Crippen LogP contribution in [-0.2, 0) is 0 Å². The first-order valence-electron chi connectivity index (χ1n) is 5.12. The Morgan fingerprint density at radius 1 is 1.28 bits per heavy atom. The quantitative estimate of drug-likeness (QED) is 0.848. The molecule has 2 aromatic rings. The number of hydrogen-bond donors (Lipinski definition) is 2. The van der Waals surface area contributed by atoms with Crippen LogP contribution >= 0.6 is 0 Å². The lowest BCUT2D eigenvalue weighted by Gasteiger charge is -2.04. The van der Waals surface area contributed by atoms with Gasteiger partial charge in [0, 0.05) is 11.6 Å². The topological polar surface area (TPSA) is 98.3 Å². The van der Waals surface area contributed by atoms with Gasteiger partial charge in [-0.15, -0.1) is 0 Å². The Bertz CT molecular complexity index is 582.